The summed E-state index contributed by atoms with van der Waals surface area (Å²) in [4.78, 5) is 14.3. The Morgan fingerprint density at radius 3 is 2.84 bits per heavy atom. The van der Waals surface area contributed by atoms with E-state index in [1.807, 2.05) is 6.07 Å². The standard InChI is InChI=1S/C13H15N3O3/c14-16-15-13(17)12(10-6-2-1-3-7-10)19-11-8-4-5-9-18-11/h1-3,6-7,11-12H,4-5,8-9H2. The molecule has 0 spiro atoms. The van der Waals surface area contributed by atoms with Crippen molar-refractivity contribution in [3.05, 3.63) is 46.3 Å². The van der Waals surface area contributed by atoms with Crippen LogP contribution >= 0.6 is 0 Å². The van der Waals surface area contributed by atoms with Gasteiger partial charge in [0.05, 0.1) is 0 Å². The van der Waals surface area contributed by atoms with Crippen LogP contribution in [0.3, 0.4) is 0 Å². The molecule has 2 unspecified atom stereocenters. The van der Waals surface area contributed by atoms with Crippen LogP contribution < -0.4 is 0 Å². The van der Waals surface area contributed by atoms with Crippen LogP contribution in [0.2, 0.25) is 0 Å². The van der Waals surface area contributed by atoms with Crippen molar-refractivity contribution >= 4 is 5.91 Å². The van der Waals surface area contributed by atoms with Gasteiger partial charge < -0.3 is 9.47 Å². The molecule has 1 aliphatic rings. The fourth-order valence-electron chi connectivity index (χ4n) is 1.97. The lowest BCUT2D eigenvalue weighted by molar-refractivity contribution is -0.192. The highest BCUT2D eigenvalue weighted by Gasteiger charge is 2.25. The van der Waals surface area contributed by atoms with E-state index < -0.39 is 18.3 Å². The Labute approximate surface area is 111 Å². The summed E-state index contributed by atoms with van der Waals surface area (Å²) < 4.78 is 11.1. The predicted molar refractivity (Wildman–Crippen MR) is 68.0 cm³/mol. The first-order chi connectivity index (χ1) is 9.31. The van der Waals surface area contributed by atoms with Crippen LogP contribution in [0.1, 0.15) is 30.9 Å². The molecule has 1 saturated heterocycles. The van der Waals surface area contributed by atoms with Crippen LogP contribution in [0.5, 0.6) is 0 Å². The van der Waals surface area contributed by atoms with E-state index >= 15 is 0 Å². The van der Waals surface area contributed by atoms with E-state index in [0.29, 0.717) is 12.2 Å². The number of amides is 1. The van der Waals surface area contributed by atoms with Crippen molar-refractivity contribution in [1.29, 1.82) is 0 Å². The summed E-state index contributed by atoms with van der Waals surface area (Å²) in [6, 6.07) is 8.97. The van der Waals surface area contributed by atoms with Crippen molar-refractivity contribution in [3.8, 4) is 0 Å². The van der Waals surface area contributed by atoms with Crippen molar-refractivity contribution in [1.82, 2.24) is 0 Å². The quantitative estimate of drug-likeness (QED) is 0.474. The van der Waals surface area contributed by atoms with Crippen LogP contribution in [-0.2, 0) is 14.3 Å². The van der Waals surface area contributed by atoms with Gasteiger partial charge in [0.15, 0.2) is 12.4 Å². The Kier molecular flexibility index (Phi) is 4.92. The molecule has 1 aliphatic heterocycles. The third kappa shape index (κ3) is 3.79. The zero-order chi connectivity index (χ0) is 13.5. The monoisotopic (exact) mass is 261 g/mol. The van der Waals surface area contributed by atoms with Gasteiger partial charge in [0, 0.05) is 11.5 Å². The Morgan fingerprint density at radius 2 is 2.21 bits per heavy atom. The first kappa shape index (κ1) is 13.5. The summed E-state index contributed by atoms with van der Waals surface area (Å²) in [7, 11) is 0. The Hall–Kier alpha value is -1.88. The number of benzene rings is 1. The molecule has 19 heavy (non-hydrogen) atoms. The van der Waals surface area contributed by atoms with Gasteiger partial charge >= 0.3 is 0 Å². The highest BCUT2D eigenvalue weighted by atomic mass is 16.7. The largest absolute Gasteiger partial charge is 0.353 e. The molecule has 0 aliphatic carbocycles. The molecule has 1 aromatic carbocycles. The van der Waals surface area contributed by atoms with E-state index in [1.165, 1.54) is 0 Å². The second-order valence-corrected chi connectivity index (χ2v) is 4.25. The van der Waals surface area contributed by atoms with E-state index in [2.05, 4.69) is 10.0 Å². The van der Waals surface area contributed by atoms with Crippen molar-refractivity contribution < 1.29 is 14.3 Å². The second kappa shape index (κ2) is 6.89. The topological polar surface area (TPSA) is 84.3 Å². The first-order valence-corrected chi connectivity index (χ1v) is 6.22. The van der Waals surface area contributed by atoms with E-state index in [0.717, 1.165) is 19.3 Å². The van der Waals surface area contributed by atoms with Crippen LogP contribution in [0, 0.1) is 0 Å². The molecule has 0 N–H and O–H groups in total. The molecule has 100 valence electrons. The Balaban J connectivity index is 2.14. The summed E-state index contributed by atoms with van der Waals surface area (Å²) in [5.74, 6) is -0.650. The van der Waals surface area contributed by atoms with E-state index in [1.54, 1.807) is 24.3 Å². The number of carbonyl (C=O) groups is 1. The molecule has 0 saturated carbocycles. The van der Waals surface area contributed by atoms with Gasteiger partial charge in [-0.3, -0.25) is 4.79 Å². The minimum atomic E-state index is -0.903. The Bertz CT molecular complexity index is 465. The molecule has 0 radical (unpaired) electrons. The molecule has 0 aromatic heterocycles. The summed E-state index contributed by atoms with van der Waals surface area (Å²) in [6.45, 7) is 0.627. The summed E-state index contributed by atoms with van der Waals surface area (Å²) >= 11 is 0. The van der Waals surface area contributed by atoms with Gasteiger partial charge in [-0.15, -0.1) is 0 Å². The number of nitrogens with zero attached hydrogens (tertiary/aromatic N) is 3. The summed E-state index contributed by atoms with van der Waals surface area (Å²) in [6.07, 6.45) is 1.42. The molecule has 1 amide bonds. The molecule has 6 nitrogen and oxygen atoms in total. The number of hydrogen-bond donors (Lipinski definition) is 0. The molecule has 1 aromatic rings. The highest BCUT2D eigenvalue weighted by Crippen LogP contribution is 2.25. The molecule has 6 heteroatoms. The predicted octanol–water partition coefficient (Wildman–Crippen LogP) is 3.11. The van der Waals surface area contributed by atoms with Crippen LogP contribution in [0.25, 0.3) is 10.4 Å². The van der Waals surface area contributed by atoms with Crippen LogP contribution in [-0.4, -0.2) is 18.8 Å². The van der Waals surface area contributed by atoms with Crippen LogP contribution in [0.4, 0.5) is 0 Å². The zero-order valence-electron chi connectivity index (χ0n) is 10.4. The summed E-state index contributed by atoms with van der Waals surface area (Å²) in [5, 5.41) is 3.13. The molecule has 1 heterocycles. The highest BCUT2D eigenvalue weighted by molar-refractivity contribution is 5.82. The van der Waals surface area contributed by atoms with Crippen molar-refractivity contribution in [3.63, 3.8) is 0 Å². The molecule has 2 rings (SSSR count). The molecule has 1 fully saturated rings. The average Bonchev–Trinajstić information content (AvgIpc) is 2.47. The lowest BCUT2D eigenvalue weighted by Gasteiger charge is -2.26. The molecule has 2 atom stereocenters. The first-order valence-electron chi connectivity index (χ1n) is 6.22. The third-order valence-corrected chi connectivity index (χ3v) is 2.90. The maximum atomic E-state index is 11.8. The molecular formula is C13H15N3O3. The van der Waals surface area contributed by atoms with Crippen LogP contribution in [0.15, 0.2) is 35.4 Å². The number of hydrogen-bond acceptors (Lipinski definition) is 3. The zero-order valence-corrected chi connectivity index (χ0v) is 10.4. The lowest BCUT2D eigenvalue weighted by Crippen LogP contribution is -2.27. The maximum Gasteiger partial charge on any atom is 0.252 e. The van der Waals surface area contributed by atoms with Gasteiger partial charge in [-0.05, 0) is 35.5 Å². The third-order valence-electron chi connectivity index (χ3n) is 2.90. The minimum Gasteiger partial charge on any atom is -0.353 e. The molecule has 0 bridgehead atoms. The number of azide groups is 1. The summed E-state index contributed by atoms with van der Waals surface area (Å²) in [5.41, 5.74) is 9.05. The lowest BCUT2D eigenvalue weighted by atomic mass is 10.1. The number of carbonyl (C=O) groups excluding carboxylic acids is 1. The Morgan fingerprint density at radius 1 is 1.42 bits per heavy atom. The van der Waals surface area contributed by atoms with Gasteiger partial charge in [0.1, 0.15) is 0 Å². The minimum absolute atomic E-state index is 0.420. The maximum absolute atomic E-state index is 11.8. The number of ether oxygens (including phenoxy) is 2. The fraction of sp³-hybridized carbons (Fsp3) is 0.462. The fourth-order valence-corrected chi connectivity index (χ4v) is 1.97. The molecular weight excluding hydrogens is 246 g/mol. The van der Waals surface area contributed by atoms with E-state index in [9.17, 15) is 4.79 Å². The van der Waals surface area contributed by atoms with Gasteiger partial charge in [-0.25, -0.2) is 0 Å². The van der Waals surface area contributed by atoms with Gasteiger partial charge in [0.25, 0.3) is 5.91 Å². The van der Waals surface area contributed by atoms with Gasteiger partial charge in [0.2, 0.25) is 0 Å². The average molecular weight is 261 g/mol. The van der Waals surface area contributed by atoms with Crippen molar-refractivity contribution in [2.45, 2.75) is 31.7 Å². The normalized spacial score (nSPS) is 20.3. The SMILES string of the molecule is [N-]=[N+]=NC(=O)C(OC1CCCCO1)c1ccccc1. The van der Waals surface area contributed by atoms with E-state index in [4.69, 9.17) is 15.0 Å². The van der Waals surface area contributed by atoms with Gasteiger partial charge in [-0.2, -0.15) is 0 Å². The van der Waals surface area contributed by atoms with Gasteiger partial charge in [-0.1, -0.05) is 30.3 Å². The van der Waals surface area contributed by atoms with Crippen molar-refractivity contribution in [2.75, 3.05) is 6.61 Å². The van der Waals surface area contributed by atoms with E-state index in [-0.39, 0.29) is 0 Å². The number of rotatable bonds is 4. The second-order valence-electron chi connectivity index (χ2n) is 4.25. The smallest absolute Gasteiger partial charge is 0.252 e. The van der Waals surface area contributed by atoms with Crippen molar-refractivity contribution in [2.24, 2.45) is 5.11 Å².